The number of hydrogen-bond acceptors (Lipinski definition) is 4. The highest BCUT2D eigenvalue weighted by Gasteiger charge is 2.33. The summed E-state index contributed by atoms with van der Waals surface area (Å²) in [6, 6.07) is 0. The van der Waals surface area contributed by atoms with Gasteiger partial charge in [-0.3, -0.25) is 0 Å². The topological polar surface area (TPSA) is 36.9 Å². The zero-order chi connectivity index (χ0) is 20.3. The molecule has 2 heterocycles. The first kappa shape index (κ1) is 23.5. The Kier molecular flexibility index (Phi) is 10.8. The average molecular weight is 411 g/mol. The molecule has 1 aliphatic carbocycles. The summed E-state index contributed by atoms with van der Waals surface area (Å²) in [6.07, 6.45) is 16.7. The zero-order valence-electron chi connectivity index (χ0n) is 19.1. The van der Waals surface area contributed by atoms with E-state index in [1.165, 1.54) is 70.6 Å². The minimum atomic E-state index is -0.0199. The van der Waals surface area contributed by atoms with Gasteiger partial charge in [0.05, 0.1) is 26.4 Å². The minimum Gasteiger partial charge on any atom is -0.352 e. The van der Waals surface area contributed by atoms with Crippen molar-refractivity contribution in [2.24, 2.45) is 23.7 Å². The van der Waals surface area contributed by atoms with Crippen molar-refractivity contribution >= 4 is 0 Å². The second-order valence-corrected chi connectivity index (χ2v) is 9.86. The second kappa shape index (κ2) is 13.3. The van der Waals surface area contributed by atoms with Crippen molar-refractivity contribution in [1.82, 2.24) is 0 Å². The van der Waals surface area contributed by atoms with Gasteiger partial charge in [0.1, 0.15) is 0 Å². The van der Waals surface area contributed by atoms with E-state index in [0.717, 1.165) is 45.2 Å². The smallest absolute Gasteiger partial charge is 0.160 e. The van der Waals surface area contributed by atoms with Gasteiger partial charge in [0.25, 0.3) is 0 Å². The van der Waals surface area contributed by atoms with Crippen molar-refractivity contribution in [2.75, 3.05) is 26.4 Å². The van der Waals surface area contributed by atoms with Gasteiger partial charge in [-0.15, -0.1) is 0 Å². The van der Waals surface area contributed by atoms with E-state index in [-0.39, 0.29) is 12.6 Å². The van der Waals surface area contributed by atoms with Crippen molar-refractivity contribution in [1.29, 1.82) is 0 Å². The van der Waals surface area contributed by atoms with E-state index in [9.17, 15) is 0 Å². The highest BCUT2D eigenvalue weighted by atomic mass is 16.7. The molecule has 3 fully saturated rings. The van der Waals surface area contributed by atoms with Crippen LogP contribution in [0.1, 0.15) is 97.3 Å². The Morgan fingerprint density at radius 1 is 0.552 bits per heavy atom. The Labute approximate surface area is 179 Å². The van der Waals surface area contributed by atoms with E-state index < -0.39 is 0 Å². The first-order valence-corrected chi connectivity index (χ1v) is 12.7. The summed E-state index contributed by atoms with van der Waals surface area (Å²) in [7, 11) is 0. The molecule has 0 amide bonds. The molecule has 4 heteroatoms. The highest BCUT2D eigenvalue weighted by Crippen LogP contribution is 2.36. The molecule has 0 atom stereocenters. The quantitative estimate of drug-likeness (QED) is 0.373. The Morgan fingerprint density at radius 2 is 1.14 bits per heavy atom. The minimum absolute atomic E-state index is 0.0199. The lowest BCUT2D eigenvalue weighted by atomic mass is 9.79. The SMILES string of the molecule is CCCCC[C@H]1CO[C@H](CC[C@H]2CO[C@H]([C@H]3CC[C@H](CCCC)CC3)OC2)OC1. The lowest BCUT2D eigenvalue weighted by Crippen LogP contribution is -2.39. The predicted molar refractivity (Wildman–Crippen MR) is 117 cm³/mol. The summed E-state index contributed by atoms with van der Waals surface area (Å²) in [6.45, 7) is 7.97. The highest BCUT2D eigenvalue weighted by molar-refractivity contribution is 4.77. The number of hydrogen-bond donors (Lipinski definition) is 0. The lowest BCUT2D eigenvalue weighted by molar-refractivity contribution is -0.236. The van der Waals surface area contributed by atoms with Gasteiger partial charge < -0.3 is 18.9 Å². The summed E-state index contributed by atoms with van der Waals surface area (Å²) < 4.78 is 24.2. The first-order valence-electron chi connectivity index (χ1n) is 12.7. The maximum atomic E-state index is 6.15. The van der Waals surface area contributed by atoms with Crippen molar-refractivity contribution in [3.05, 3.63) is 0 Å². The van der Waals surface area contributed by atoms with Crippen LogP contribution in [0.25, 0.3) is 0 Å². The van der Waals surface area contributed by atoms with Crippen molar-refractivity contribution in [2.45, 2.75) is 110 Å². The van der Waals surface area contributed by atoms with Crippen molar-refractivity contribution < 1.29 is 18.9 Å². The zero-order valence-corrected chi connectivity index (χ0v) is 19.1. The van der Waals surface area contributed by atoms with Crippen LogP contribution in [0.3, 0.4) is 0 Å². The van der Waals surface area contributed by atoms with Crippen LogP contribution in [0.4, 0.5) is 0 Å². The third kappa shape index (κ3) is 8.12. The summed E-state index contributed by atoms with van der Waals surface area (Å²) in [5, 5.41) is 0. The van der Waals surface area contributed by atoms with Gasteiger partial charge in [0.15, 0.2) is 12.6 Å². The average Bonchev–Trinajstić information content (AvgIpc) is 2.78. The molecule has 2 aliphatic heterocycles. The normalized spacial score (nSPS) is 36.2. The van der Waals surface area contributed by atoms with E-state index in [4.69, 9.17) is 18.9 Å². The summed E-state index contributed by atoms with van der Waals surface area (Å²) in [5.74, 6) is 2.64. The largest absolute Gasteiger partial charge is 0.352 e. The van der Waals surface area contributed by atoms with Gasteiger partial charge in [-0.05, 0) is 50.9 Å². The molecule has 0 aromatic heterocycles. The fraction of sp³-hybridized carbons (Fsp3) is 1.00. The molecule has 0 unspecified atom stereocenters. The number of ether oxygens (including phenoxy) is 4. The fourth-order valence-electron chi connectivity index (χ4n) is 5.21. The summed E-state index contributed by atoms with van der Waals surface area (Å²) in [5.41, 5.74) is 0. The molecule has 4 nitrogen and oxygen atoms in total. The predicted octanol–water partition coefficient (Wildman–Crippen LogP) is 6.32. The molecule has 0 radical (unpaired) electrons. The molecule has 29 heavy (non-hydrogen) atoms. The standard InChI is InChI=1S/C25H46O4/c1-3-5-7-9-21-16-26-24(27-17-21)15-12-22-18-28-25(29-19-22)23-13-10-20(11-14-23)8-6-4-2/h20-25H,3-19H2,1-2H3/t20-,21-,22-,23-,24-,25-. The van der Waals surface area contributed by atoms with Gasteiger partial charge in [-0.1, -0.05) is 52.4 Å². The number of unbranched alkanes of at least 4 members (excludes halogenated alkanes) is 3. The van der Waals surface area contributed by atoms with Gasteiger partial charge in [-0.2, -0.15) is 0 Å². The molecule has 1 saturated carbocycles. The molecule has 3 rings (SSSR count). The molecule has 0 N–H and O–H groups in total. The summed E-state index contributed by atoms with van der Waals surface area (Å²) in [4.78, 5) is 0. The molecular formula is C25H46O4. The van der Waals surface area contributed by atoms with Crippen LogP contribution in [0.2, 0.25) is 0 Å². The van der Waals surface area contributed by atoms with Crippen LogP contribution in [-0.2, 0) is 18.9 Å². The molecular weight excluding hydrogens is 364 g/mol. The molecule has 0 aromatic rings. The lowest BCUT2D eigenvalue weighted by Gasteiger charge is -2.38. The van der Waals surface area contributed by atoms with Crippen LogP contribution < -0.4 is 0 Å². The van der Waals surface area contributed by atoms with E-state index in [2.05, 4.69) is 13.8 Å². The van der Waals surface area contributed by atoms with Crippen LogP contribution in [0.15, 0.2) is 0 Å². The maximum absolute atomic E-state index is 6.15. The van der Waals surface area contributed by atoms with Gasteiger partial charge in [0, 0.05) is 17.8 Å². The first-order chi connectivity index (χ1) is 14.3. The van der Waals surface area contributed by atoms with Crippen molar-refractivity contribution in [3.8, 4) is 0 Å². The van der Waals surface area contributed by atoms with Gasteiger partial charge in [-0.25, -0.2) is 0 Å². The molecule has 0 aromatic carbocycles. The Hall–Kier alpha value is -0.160. The molecule has 170 valence electrons. The van der Waals surface area contributed by atoms with Gasteiger partial charge in [0.2, 0.25) is 0 Å². The molecule has 2 saturated heterocycles. The summed E-state index contributed by atoms with van der Waals surface area (Å²) >= 11 is 0. The van der Waals surface area contributed by atoms with Crippen LogP contribution >= 0.6 is 0 Å². The maximum Gasteiger partial charge on any atom is 0.160 e. The van der Waals surface area contributed by atoms with E-state index >= 15 is 0 Å². The number of rotatable bonds is 11. The monoisotopic (exact) mass is 410 g/mol. The van der Waals surface area contributed by atoms with Crippen LogP contribution in [0, 0.1) is 23.7 Å². The Morgan fingerprint density at radius 3 is 1.79 bits per heavy atom. The van der Waals surface area contributed by atoms with Crippen LogP contribution in [0.5, 0.6) is 0 Å². The fourth-order valence-corrected chi connectivity index (χ4v) is 5.21. The van der Waals surface area contributed by atoms with Crippen molar-refractivity contribution in [3.63, 3.8) is 0 Å². The van der Waals surface area contributed by atoms with Gasteiger partial charge >= 0.3 is 0 Å². The third-order valence-corrected chi connectivity index (χ3v) is 7.30. The van der Waals surface area contributed by atoms with E-state index in [1.54, 1.807) is 0 Å². The van der Waals surface area contributed by atoms with E-state index in [0.29, 0.717) is 17.8 Å². The molecule has 0 bridgehead atoms. The Bertz CT molecular complexity index is 405. The third-order valence-electron chi connectivity index (χ3n) is 7.30. The Balaban J connectivity index is 1.24. The second-order valence-electron chi connectivity index (χ2n) is 9.86. The van der Waals surface area contributed by atoms with E-state index in [1.807, 2.05) is 0 Å². The molecule has 3 aliphatic rings. The molecule has 0 spiro atoms. The van der Waals surface area contributed by atoms with Crippen LogP contribution in [-0.4, -0.2) is 39.0 Å².